The Hall–Kier alpha value is -0.230. The average Bonchev–Trinajstić information content (AvgIpc) is 2.88. The summed E-state index contributed by atoms with van der Waals surface area (Å²) >= 11 is 7.22. The van der Waals surface area contributed by atoms with E-state index in [1.165, 1.54) is 37.5 Å². The van der Waals surface area contributed by atoms with E-state index < -0.39 is 0 Å². The van der Waals surface area contributed by atoms with Gasteiger partial charge in [-0.25, -0.2) is 0 Å². The minimum atomic E-state index is 0.716. The van der Waals surface area contributed by atoms with E-state index in [1.54, 1.807) is 0 Å². The van der Waals surface area contributed by atoms with Crippen molar-refractivity contribution in [3.63, 3.8) is 0 Å². The van der Waals surface area contributed by atoms with E-state index in [1.807, 2.05) is 0 Å². The van der Waals surface area contributed by atoms with Crippen molar-refractivity contribution < 1.29 is 0 Å². The summed E-state index contributed by atoms with van der Waals surface area (Å²) in [6, 6.07) is 0. The third-order valence-corrected chi connectivity index (χ3v) is 3.91. The average molecular weight is 261 g/mol. The molecule has 4 nitrogen and oxygen atoms in total. The summed E-state index contributed by atoms with van der Waals surface area (Å²) in [4.78, 5) is 4.76. The maximum Gasteiger partial charge on any atom is 0.138 e. The zero-order chi connectivity index (χ0) is 11.4. The fourth-order valence-corrected chi connectivity index (χ4v) is 2.56. The molecule has 0 spiro atoms. The van der Waals surface area contributed by atoms with Gasteiger partial charge in [0, 0.05) is 31.2 Å². The van der Waals surface area contributed by atoms with Gasteiger partial charge < -0.3 is 4.90 Å². The van der Waals surface area contributed by atoms with Crippen LogP contribution in [0.3, 0.4) is 0 Å². The minimum Gasteiger partial charge on any atom is -0.302 e. The first-order valence-electron chi connectivity index (χ1n) is 5.63. The number of rotatable bonds is 5. The molecule has 1 aromatic rings. The first kappa shape index (κ1) is 12.2. The van der Waals surface area contributed by atoms with Crippen LogP contribution in [0.25, 0.3) is 0 Å². The molecule has 0 radical (unpaired) electrons. The van der Waals surface area contributed by atoms with Crippen molar-refractivity contribution >= 4 is 23.1 Å². The number of hydrogen-bond acceptors (Lipinski definition) is 5. The quantitative estimate of drug-likeness (QED) is 0.807. The van der Waals surface area contributed by atoms with Gasteiger partial charge in [0.25, 0.3) is 0 Å². The lowest BCUT2D eigenvalue weighted by Gasteiger charge is -2.20. The van der Waals surface area contributed by atoms with Gasteiger partial charge in [-0.2, -0.15) is 0 Å². The van der Waals surface area contributed by atoms with Crippen LogP contribution in [0, 0.1) is 0 Å². The number of halogens is 1. The standard InChI is InChI=1S/C10H17ClN4S/c1-14(6-7-15-4-2-3-5-15)8-9-10(11)16-13-12-9/h2-8H2,1H3. The smallest absolute Gasteiger partial charge is 0.138 e. The van der Waals surface area contributed by atoms with Gasteiger partial charge >= 0.3 is 0 Å². The molecular weight excluding hydrogens is 244 g/mol. The Balaban J connectivity index is 1.71. The van der Waals surface area contributed by atoms with Gasteiger partial charge in [0.1, 0.15) is 10.0 Å². The molecule has 0 amide bonds. The Bertz CT molecular complexity index is 324. The molecule has 0 saturated carbocycles. The van der Waals surface area contributed by atoms with E-state index >= 15 is 0 Å². The molecule has 16 heavy (non-hydrogen) atoms. The summed E-state index contributed by atoms with van der Waals surface area (Å²) in [5.74, 6) is 0. The number of aromatic nitrogens is 2. The normalized spacial score (nSPS) is 17.4. The van der Waals surface area contributed by atoms with Gasteiger partial charge in [0.05, 0.1) is 0 Å². The zero-order valence-corrected chi connectivity index (χ0v) is 11.1. The summed E-state index contributed by atoms with van der Waals surface area (Å²) in [6.45, 7) is 5.52. The lowest BCUT2D eigenvalue weighted by Crippen LogP contribution is -2.31. The molecule has 0 unspecified atom stereocenters. The third kappa shape index (κ3) is 3.38. The highest BCUT2D eigenvalue weighted by Gasteiger charge is 2.13. The van der Waals surface area contributed by atoms with Crippen LogP contribution in [0.1, 0.15) is 18.5 Å². The fraction of sp³-hybridized carbons (Fsp3) is 0.800. The maximum absolute atomic E-state index is 5.97. The molecule has 0 aromatic carbocycles. The number of likely N-dealkylation sites (N-methyl/N-ethyl adjacent to an activating group) is 1. The van der Waals surface area contributed by atoms with Crippen LogP contribution in [0.4, 0.5) is 0 Å². The molecule has 0 aliphatic carbocycles. The maximum atomic E-state index is 5.97. The summed E-state index contributed by atoms with van der Waals surface area (Å²) < 4.78 is 4.55. The molecule has 2 heterocycles. The second kappa shape index (κ2) is 5.91. The Morgan fingerprint density at radius 2 is 2.19 bits per heavy atom. The molecule has 6 heteroatoms. The Morgan fingerprint density at radius 1 is 1.44 bits per heavy atom. The molecule has 0 atom stereocenters. The second-order valence-electron chi connectivity index (χ2n) is 4.28. The molecule has 2 rings (SSSR count). The van der Waals surface area contributed by atoms with E-state index in [2.05, 4.69) is 26.4 Å². The van der Waals surface area contributed by atoms with E-state index in [0.29, 0.717) is 4.34 Å². The van der Waals surface area contributed by atoms with Crippen LogP contribution in [0.2, 0.25) is 4.34 Å². The molecule has 1 aliphatic rings. The third-order valence-electron chi connectivity index (χ3n) is 2.93. The molecule has 90 valence electrons. The molecule has 0 N–H and O–H groups in total. The van der Waals surface area contributed by atoms with Crippen LogP contribution in [-0.4, -0.2) is 52.6 Å². The SMILES string of the molecule is CN(CCN1CCCC1)Cc1nnsc1Cl. The van der Waals surface area contributed by atoms with Gasteiger partial charge in [0.15, 0.2) is 0 Å². The van der Waals surface area contributed by atoms with Crippen molar-refractivity contribution in [1.82, 2.24) is 19.4 Å². The van der Waals surface area contributed by atoms with E-state index in [-0.39, 0.29) is 0 Å². The van der Waals surface area contributed by atoms with Gasteiger partial charge in [-0.15, -0.1) is 5.10 Å². The minimum absolute atomic E-state index is 0.716. The highest BCUT2D eigenvalue weighted by molar-refractivity contribution is 7.10. The molecule has 0 bridgehead atoms. The Kier molecular flexibility index (Phi) is 4.52. The topological polar surface area (TPSA) is 32.3 Å². The van der Waals surface area contributed by atoms with Crippen molar-refractivity contribution in [2.75, 3.05) is 33.2 Å². The van der Waals surface area contributed by atoms with E-state index in [0.717, 1.165) is 25.3 Å². The lowest BCUT2D eigenvalue weighted by molar-refractivity contribution is 0.250. The highest BCUT2D eigenvalue weighted by Crippen LogP contribution is 2.18. The second-order valence-corrected chi connectivity index (χ2v) is 5.64. The van der Waals surface area contributed by atoms with Gasteiger partial charge in [-0.3, -0.25) is 4.90 Å². The van der Waals surface area contributed by atoms with Crippen LogP contribution in [-0.2, 0) is 6.54 Å². The largest absolute Gasteiger partial charge is 0.302 e. The van der Waals surface area contributed by atoms with E-state index in [4.69, 9.17) is 11.6 Å². The van der Waals surface area contributed by atoms with Crippen molar-refractivity contribution in [1.29, 1.82) is 0 Å². The van der Waals surface area contributed by atoms with Crippen LogP contribution in [0.15, 0.2) is 0 Å². The first-order chi connectivity index (χ1) is 7.75. The van der Waals surface area contributed by atoms with E-state index in [9.17, 15) is 0 Å². The molecule has 1 aromatic heterocycles. The predicted molar refractivity (Wildman–Crippen MR) is 66.9 cm³/mol. The number of likely N-dealkylation sites (tertiary alicyclic amines) is 1. The summed E-state index contributed by atoms with van der Waals surface area (Å²) in [5.41, 5.74) is 0.899. The summed E-state index contributed by atoms with van der Waals surface area (Å²) in [6.07, 6.45) is 2.71. The predicted octanol–water partition coefficient (Wildman–Crippen LogP) is 1.72. The number of nitrogens with zero attached hydrogens (tertiary/aromatic N) is 4. The monoisotopic (exact) mass is 260 g/mol. The van der Waals surface area contributed by atoms with Crippen LogP contribution >= 0.6 is 23.1 Å². The zero-order valence-electron chi connectivity index (χ0n) is 9.52. The fourth-order valence-electron chi connectivity index (χ4n) is 1.94. The van der Waals surface area contributed by atoms with Crippen LogP contribution < -0.4 is 0 Å². The molecule has 1 fully saturated rings. The van der Waals surface area contributed by atoms with Crippen molar-refractivity contribution in [2.24, 2.45) is 0 Å². The summed E-state index contributed by atoms with van der Waals surface area (Å²) in [5, 5.41) is 4.02. The van der Waals surface area contributed by atoms with Crippen molar-refractivity contribution in [2.45, 2.75) is 19.4 Å². The van der Waals surface area contributed by atoms with Gasteiger partial charge in [0.2, 0.25) is 0 Å². The summed E-state index contributed by atoms with van der Waals surface area (Å²) in [7, 11) is 2.10. The van der Waals surface area contributed by atoms with Gasteiger partial charge in [-0.05, 0) is 33.0 Å². The van der Waals surface area contributed by atoms with Gasteiger partial charge in [-0.1, -0.05) is 16.1 Å². The Morgan fingerprint density at radius 3 is 2.81 bits per heavy atom. The first-order valence-corrected chi connectivity index (χ1v) is 6.78. The number of hydrogen-bond donors (Lipinski definition) is 0. The lowest BCUT2D eigenvalue weighted by atomic mass is 10.4. The molecular formula is C10H17ClN4S. The molecule has 1 aliphatic heterocycles. The van der Waals surface area contributed by atoms with Crippen molar-refractivity contribution in [3.05, 3.63) is 10.0 Å². The molecule has 1 saturated heterocycles. The highest BCUT2D eigenvalue weighted by atomic mass is 35.5. The van der Waals surface area contributed by atoms with Crippen LogP contribution in [0.5, 0.6) is 0 Å². The van der Waals surface area contributed by atoms with Crippen molar-refractivity contribution in [3.8, 4) is 0 Å². The Labute approximate surface area is 105 Å².